The second-order valence-corrected chi connectivity index (χ2v) is 8.24. The molecule has 2 aromatic rings. The van der Waals surface area contributed by atoms with Gasteiger partial charge in [-0.15, -0.1) is 0 Å². The molecule has 2 aliphatic heterocycles. The average Bonchev–Trinajstić information content (AvgIpc) is 3.59. The summed E-state index contributed by atoms with van der Waals surface area (Å²) in [4.78, 5) is 0. The van der Waals surface area contributed by atoms with E-state index in [1.54, 1.807) is 0 Å². The molecule has 0 aromatic heterocycles. The number of ether oxygens (including phenoxy) is 4. The van der Waals surface area contributed by atoms with Crippen molar-refractivity contribution in [2.75, 3.05) is 26.4 Å². The highest BCUT2D eigenvalue weighted by molar-refractivity contribution is 5.51. The van der Waals surface area contributed by atoms with Crippen molar-refractivity contribution in [1.82, 2.24) is 0 Å². The molecular formula is C23H22F6O4. The fourth-order valence-corrected chi connectivity index (χ4v) is 3.77. The molecule has 2 saturated heterocycles. The van der Waals surface area contributed by atoms with Crippen LogP contribution in [0.4, 0.5) is 26.3 Å². The molecule has 2 fully saturated rings. The third-order valence-electron chi connectivity index (χ3n) is 5.72. The van der Waals surface area contributed by atoms with Gasteiger partial charge in [-0.2, -0.15) is 26.3 Å². The minimum absolute atomic E-state index is 0.108. The van der Waals surface area contributed by atoms with Gasteiger partial charge < -0.3 is 18.9 Å². The van der Waals surface area contributed by atoms with Crippen molar-refractivity contribution < 1.29 is 45.3 Å². The van der Waals surface area contributed by atoms with Crippen LogP contribution in [0.2, 0.25) is 0 Å². The Morgan fingerprint density at radius 1 is 0.727 bits per heavy atom. The van der Waals surface area contributed by atoms with Gasteiger partial charge in [0, 0.05) is 0 Å². The lowest BCUT2D eigenvalue weighted by Gasteiger charge is -2.38. The van der Waals surface area contributed by atoms with Crippen LogP contribution in [-0.2, 0) is 14.9 Å². The van der Waals surface area contributed by atoms with E-state index in [9.17, 15) is 26.3 Å². The van der Waals surface area contributed by atoms with Crippen LogP contribution in [-0.4, -0.2) is 51.0 Å². The van der Waals surface area contributed by atoms with Crippen LogP contribution in [0, 0.1) is 13.8 Å². The zero-order valence-electron chi connectivity index (χ0n) is 17.8. The van der Waals surface area contributed by atoms with E-state index in [4.69, 9.17) is 18.9 Å². The first-order valence-electron chi connectivity index (χ1n) is 10.3. The van der Waals surface area contributed by atoms with E-state index in [1.807, 2.05) is 0 Å². The summed E-state index contributed by atoms with van der Waals surface area (Å²) in [6.07, 6.45) is -11.6. The maximum absolute atomic E-state index is 14.4. The topological polar surface area (TPSA) is 43.5 Å². The highest BCUT2D eigenvalue weighted by atomic mass is 19.4. The zero-order chi connectivity index (χ0) is 24.0. The first kappa shape index (κ1) is 23.7. The quantitative estimate of drug-likeness (QED) is 0.385. The average molecular weight is 476 g/mol. The molecule has 2 aromatic carbocycles. The lowest BCUT2D eigenvalue weighted by molar-refractivity contribution is -0.288. The Bertz CT molecular complexity index is 927. The zero-order valence-corrected chi connectivity index (χ0v) is 17.8. The molecule has 4 nitrogen and oxygen atoms in total. The van der Waals surface area contributed by atoms with E-state index in [2.05, 4.69) is 0 Å². The minimum atomic E-state index is -5.67. The van der Waals surface area contributed by atoms with Gasteiger partial charge in [0.25, 0.3) is 0 Å². The Morgan fingerprint density at radius 3 is 1.36 bits per heavy atom. The highest BCUT2D eigenvalue weighted by Gasteiger charge is 2.72. The van der Waals surface area contributed by atoms with Crippen molar-refractivity contribution in [3.63, 3.8) is 0 Å². The predicted molar refractivity (Wildman–Crippen MR) is 106 cm³/mol. The van der Waals surface area contributed by atoms with Gasteiger partial charge >= 0.3 is 12.4 Å². The molecule has 0 amide bonds. The van der Waals surface area contributed by atoms with E-state index in [1.165, 1.54) is 13.8 Å². The molecule has 33 heavy (non-hydrogen) atoms. The second kappa shape index (κ2) is 8.39. The van der Waals surface area contributed by atoms with Gasteiger partial charge in [-0.1, -0.05) is 24.3 Å². The Morgan fingerprint density at radius 2 is 1.09 bits per heavy atom. The summed E-state index contributed by atoms with van der Waals surface area (Å²) in [5, 5.41) is 0. The monoisotopic (exact) mass is 476 g/mol. The summed E-state index contributed by atoms with van der Waals surface area (Å²) in [6.45, 7) is 4.19. The van der Waals surface area contributed by atoms with Gasteiger partial charge in [0.1, 0.15) is 36.9 Å². The largest absolute Gasteiger partial charge is 0.491 e. The summed E-state index contributed by atoms with van der Waals surface area (Å²) in [5.74, 6) is 0.407. The third-order valence-corrected chi connectivity index (χ3v) is 5.72. The van der Waals surface area contributed by atoms with Crippen molar-refractivity contribution in [3.8, 4) is 11.5 Å². The molecule has 0 bridgehead atoms. The maximum atomic E-state index is 14.4. The van der Waals surface area contributed by atoms with E-state index in [0.29, 0.717) is 13.2 Å². The number of benzene rings is 2. The van der Waals surface area contributed by atoms with Gasteiger partial charge in [-0.25, -0.2) is 0 Å². The summed E-state index contributed by atoms with van der Waals surface area (Å²) in [5.41, 5.74) is -5.78. The molecule has 10 heteroatoms. The minimum Gasteiger partial charge on any atom is -0.491 e. The molecule has 4 rings (SSSR count). The van der Waals surface area contributed by atoms with Crippen molar-refractivity contribution >= 4 is 0 Å². The molecular weight excluding hydrogens is 454 g/mol. The fourth-order valence-electron chi connectivity index (χ4n) is 3.77. The van der Waals surface area contributed by atoms with E-state index < -0.39 is 28.9 Å². The van der Waals surface area contributed by atoms with Gasteiger partial charge in [0.2, 0.25) is 5.41 Å². The molecule has 180 valence electrons. The number of rotatable bonds is 8. The second-order valence-electron chi connectivity index (χ2n) is 8.24. The summed E-state index contributed by atoms with van der Waals surface area (Å²) >= 11 is 0. The van der Waals surface area contributed by atoms with Crippen LogP contribution in [0.25, 0.3) is 0 Å². The van der Waals surface area contributed by atoms with Gasteiger partial charge in [0.05, 0.1) is 13.2 Å². The van der Waals surface area contributed by atoms with Crippen LogP contribution in [0.1, 0.15) is 22.3 Å². The van der Waals surface area contributed by atoms with Crippen LogP contribution in [0.3, 0.4) is 0 Å². The van der Waals surface area contributed by atoms with Crippen molar-refractivity contribution in [2.24, 2.45) is 0 Å². The molecule has 0 N–H and O–H groups in total. The Balaban J connectivity index is 1.77. The molecule has 0 aliphatic carbocycles. The van der Waals surface area contributed by atoms with E-state index in [0.717, 1.165) is 36.4 Å². The lowest BCUT2D eigenvalue weighted by atomic mass is 9.72. The first-order valence-corrected chi connectivity index (χ1v) is 10.3. The molecule has 2 aliphatic rings. The van der Waals surface area contributed by atoms with Gasteiger partial charge in [-0.05, 0) is 48.2 Å². The number of hydrogen-bond acceptors (Lipinski definition) is 4. The Kier molecular flexibility index (Phi) is 6.03. The summed E-state index contributed by atoms with van der Waals surface area (Å²) in [7, 11) is 0. The van der Waals surface area contributed by atoms with Gasteiger partial charge in [-0.3, -0.25) is 0 Å². The smallest absolute Gasteiger partial charge is 0.411 e. The highest BCUT2D eigenvalue weighted by Crippen LogP contribution is 2.57. The SMILES string of the molecule is Cc1cc(C(c2ccc(OCC3CO3)c(C)c2)(C(F)(F)F)C(F)(F)F)ccc1OCC1CO1. The van der Waals surface area contributed by atoms with Crippen LogP contribution < -0.4 is 9.47 Å². The van der Waals surface area contributed by atoms with Crippen LogP contribution in [0.5, 0.6) is 11.5 Å². The van der Waals surface area contributed by atoms with Gasteiger partial charge in [0.15, 0.2) is 0 Å². The summed E-state index contributed by atoms with van der Waals surface area (Å²) < 4.78 is 107. The Labute approximate surface area is 186 Å². The number of epoxide rings is 2. The van der Waals surface area contributed by atoms with E-state index in [-0.39, 0.29) is 48.0 Å². The first-order chi connectivity index (χ1) is 15.4. The number of halogens is 6. The van der Waals surface area contributed by atoms with Crippen LogP contribution >= 0.6 is 0 Å². The Hall–Kier alpha value is -2.46. The van der Waals surface area contributed by atoms with Crippen molar-refractivity contribution in [1.29, 1.82) is 0 Å². The normalized spacial score (nSPS) is 20.5. The van der Waals surface area contributed by atoms with Crippen molar-refractivity contribution in [3.05, 3.63) is 58.7 Å². The number of aryl methyl sites for hydroxylation is 2. The molecule has 2 atom stereocenters. The maximum Gasteiger partial charge on any atom is 0.411 e. The third kappa shape index (κ3) is 4.63. The van der Waals surface area contributed by atoms with E-state index >= 15 is 0 Å². The lowest BCUT2D eigenvalue weighted by Crippen LogP contribution is -2.54. The molecule has 2 heterocycles. The fraction of sp³-hybridized carbons (Fsp3) is 0.478. The molecule has 2 unspecified atom stereocenters. The predicted octanol–water partition coefficient (Wildman–Crippen LogP) is 5.27. The number of alkyl halides is 6. The summed E-state index contributed by atoms with van der Waals surface area (Å²) in [6, 6.07) is 5.68. The standard InChI is InChI=1S/C23H22F6O4/c1-13-7-15(3-5-19(13)32-11-17-9-30-17)21(22(24,25)26,23(27,28)29)16-4-6-20(14(2)8-16)33-12-18-10-31-18/h3-8,17-18H,9-12H2,1-2H3. The van der Waals surface area contributed by atoms with Crippen molar-refractivity contribution in [2.45, 2.75) is 43.8 Å². The molecule has 0 spiro atoms. The molecule has 0 radical (unpaired) electrons. The molecule has 0 saturated carbocycles. The number of hydrogen-bond donors (Lipinski definition) is 0. The van der Waals surface area contributed by atoms with Crippen LogP contribution in [0.15, 0.2) is 36.4 Å².